The SMILES string of the molecule is CC(C)c1c([C@@H]2CCC(CO)C2)c2cc3[nH]ncc3cc2n1-c1ccc(F)cc1. The first-order valence-electron chi connectivity index (χ1n) is 10.4. The molecule has 1 saturated carbocycles. The quantitative estimate of drug-likeness (QED) is 0.473. The van der Waals surface area contributed by atoms with Crippen LogP contribution in [0.5, 0.6) is 0 Å². The van der Waals surface area contributed by atoms with Crippen molar-refractivity contribution < 1.29 is 9.50 Å². The van der Waals surface area contributed by atoms with Gasteiger partial charge < -0.3 is 9.67 Å². The van der Waals surface area contributed by atoms with Crippen molar-refractivity contribution in [2.24, 2.45) is 5.92 Å². The minimum atomic E-state index is -0.227. The molecule has 1 fully saturated rings. The number of nitrogens with one attached hydrogen (secondary N) is 1. The van der Waals surface area contributed by atoms with Gasteiger partial charge >= 0.3 is 0 Å². The first-order valence-corrected chi connectivity index (χ1v) is 10.4. The topological polar surface area (TPSA) is 53.8 Å². The fourth-order valence-electron chi connectivity index (χ4n) is 5.14. The third-order valence-corrected chi connectivity index (χ3v) is 6.44. The average Bonchev–Trinajstić information content (AvgIpc) is 3.43. The van der Waals surface area contributed by atoms with Gasteiger partial charge in [0.25, 0.3) is 0 Å². The number of aromatic nitrogens is 3. The van der Waals surface area contributed by atoms with Gasteiger partial charge in [0.1, 0.15) is 5.82 Å². The number of aliphatic hydroxyl groups is 1. The van der Waals surface area contributed by atoms with Gasteiger partial charge in [-0.05, 0) is 79.0 Å². The maximum absolute atomic E-state index is 13.6. The highest BCUT2D eigenvalue weighted by Gasteiger charge is 2.32. The molecule has 0 bridgehead atoms. The summed E-state index contributed by atoms with van der Waals surface area (Å²) in [6, 6.07) is 11.2. The first kappa shape index (κ1) is 18.4. The van der Waals surface area contributed by atoms with E-state index < -0.39 is 0 Å². The number of rotatable bonds is 4. The van der Waals surface area contributed by atoms with Crippen molar-refractivity contribution in [2.75, 3.05) is 6.61 Å². The van der Waals surface area contributed by atoms with Crippen molar-refractivity contribution in [1.29, 1.82) is 0 Å². The molecule has 0 spiro atoms. The maximum Gasteiger partial charge on any atom is 0.123 e. The molecule has 1 unspecified atom stereocenters. The predicted molar refractivity (Wildman–Crippen MR) is 114 cm³/mol. The number of hydrogen-bond acceptors (Lipinski definition) is 2. The second kappa shape index (κ2) is 6.99. The highest BCUT2D eigenvalue weighted by molar-refractivity contribution is 5.99. The molecule has 0 radical (unpaired) electrons. The molecule has 0 saturated heterocycles. The lowest BCUT2D eigenvalue weighted by Gasteiger charge is -2.18. The number of fused-ring (bicyclic) bond motifs is 2. The van der Waals surface area contributed by atoms with E-state index in [4.69, 9.17) is 0 Å². The zero-order valence-corrected chi connectivity index (χ0v) is 16.8. The Labute approximate surface area is 169 Å². The highest BCUT2D eigenvalue weighted by atomic mass is 19.1. The van der Waals surface area contributed by atoms with Crippen LogP contribution in [0.25, 0.3) is 27.5 Å². The minimum absolute atomic E-state index is 0.227. The van der Waals surface area contributed by atoms with Crippen LogP contribution < -0.4 is 0 Å². The number of aromatic amines is 1. The van der Waals surface area contributed by atoms with Crippen molar-refractivity contribution in [3.8, 4) is 5.69 Å². The number of hydrogen-bond donors (Lipinski definition) is 2. The van der Waals surface area contributed by atoms with E-state index in [2.05, 4.69) is 40.7 Å². The summed E-state index contributed by atoms with van der Waals surface area (Å²) >= 11 is 0. The molecular formula is C24H26FN3O. The number of aliphatic hydroxyl groups excluding tert-OH is 1. The van der Waals surface area contributed by atoms with Crippen LogP contribution in [0, 0.1) is 11.7 Å². The predicted octanol–water partition coefficient (Wildman–Crippen LogP) is 5.65. The molecule has 2 heterocycles. The van der Waals surface area contributed by atoms with Gasteiger partial charge in [0.05, 0.1) is 17.2 Å². The molecule has 2 aromatic carbocycles. The zero-order valence-electron chi connectivity index (χ0n) is 16.8. The Balaban J connectivity index is 1.84. The lowest BCUT2D eigenvalue weighted by Crippen LogP contribution is -2.07. The van der Waals surface area contributed by atoms with E-state index in [0.717, 1.165) is 41.4 Å². The lowest BCUT2D eigenvalue weighted by atomic mass is 9.90. The molecule has 150 valence electrons. The van der Waals surface area contributed by atoms with E-state index in [1.54, 1.807) is 0 Å². The molecular weight excluding hydrogens is 365 g/mol. The third kappa shape index (κ3) is 2.96. The third-order valence-electron chi connectivity index (χ3n) is 6.44. The summed E-state index contributed by atoms with van der Waals surface area (Å²) in [5, 5.41) is 19.3. The van der Waals surface area contributed by atoms with E-state index in [0.29, 0.717) is 17.8 Å². The normalized spacial score (nSPS) is 19.8. The van der Waals surface area contributed by atoms with Crippen LogP contribution >= 0.6 is 0 Å². The van der Waals surface area contributed by atoms with E-state index in [1.165, 1.54) is 28.8 Å². The van der Waals surface area contributed by atoms with E-state index in [9.17, 15) is 9.50 Å². The van der Waals surface area contributed by atoms with Crippen LogP contribution in [-0.2, 0) is 0 Å². The first-order chi connectivity index (χ1) is 14.1. The Bertz CT molecular complexity index is 1170. The summed E-state index contributed by atoms with van der Waals surface area (Å²) < 4.78 is 15.9. The van der Waals surface area contributed by atoms with Crippen LogP contribution in [0.15, 0.2) is 42.6 Å². The molecule has 1 aliphatic rings. The molecule has 2 N–H and O–H groups in total. The van der Waals surface area contributed by atoms with E-state index in [-0.39, 0.29) is 12.4 Å². The summed E-state index contributed by atoms with van der Waals surface area (Å²) in [7, 11) is 0. The Morgan fingerprint density at radius 2 is 2.00 bits per heavy atom. The fourth-order valence-corrected chi connectivity index (χ4v) is 5.14. The summed E-state index contributed by atoms with van der Waals surface area (Å²) in [5.74, 6) is 0.886. The average molecular weight is 391 g/mol. The van der Waals surface area contributed by atoms with Crippen LogP contribution in [0.4, 0.5) is 4.39 Å². The molecule has 2 atom stereocenters. The van der Waals surface area contributed by atoms with E-state index in [1.807, 2.05) is 18.3 Å². The molecule has 5 heteroatoms. The summed E-state index contributed by atoms with van der Waals surface area (Å²) in [6.07, 6.45) is 5.02. The minimum Gasteiger partial charge on any atom is -0.396 e. The smallest absolute Gasteiger partial charge is 0.123 e. The molecule has 4 nitrogen and oxygen atoms in total. The van der Waals surface area contributed by atoms with Crippen LogP contribution in [0.2, 0.25) is 0 Å². The van der Waals surface area contributed by atoms with Crippen molar-refractivity contribution in [3.05, 3.63) is 59.7 Å². The second-order valence-electron chi connectivity index (χ2n) is 8.65. The molecule has 2 aromatic heterocycles. The Morgan fingerprint density at radius 1 is 1.21 bits per heavy atom. The Morgan fingerprint density at radius 3 is 2.69 bits per heavy atom. The highest BCUT2D eigenvalue weighted by Crippen LogP contribution is 2.46. The molecule has 0 aliphatic heterocycles. The standard InChI is InChI=1S/C24H26FN3O/c1-14(2)24-23(16-4-3-15(9-16)13-29)20-11-21-17(12-26-27-21)10-22(20)28(24)19-7-5-18(25)6-8-19/h5-8,10-12,14-16,29H,3-4,9,13H2,1-2H3,(H,26,27)/t15?,16-/m1/s1. The van der Waals surface area contributed by atoms with Gasteiger partial charge in [0, 0.05) is 28.8 Å². The van der Waals surface area contributed by atoms with Gasteiger partial charge in [-0.25, -0.2) is 4.39 Å². The fraction of sp³-hybridized carbons (Fsp3) is 0.375. The van der Waals surface area contributed by atoms with Gasteiger partial charge in [0.15, 0.2) is 0 Å². The van der Waals surface area contributed by atoms with Crippen LogP contribution in [-0.4, -0.2) is 26.5 Å². The maximum atomic E-state index is 13.6. The van der Waals surface area contributed by atoms with E-state index >= 15 is 0 Å². The van der Waals surface area contributed by atoms with Crippen molar-refractivity contribution in [3.63, 3.8) is 0 Å². The van der Waals surface area contributed by atoms with Crippen molar-refractivity contribution in [1.82, 2.24) is 14.8 Å². The molecule has 5 rings (SSSR count). The van der Waals surface area contributed by atoms with Crippen LogP contribution in [0.1, 0.15) is 56.2 Å². The zero-order chi connectivity index (χ0) is 20.1. The van der Waals surface area contributed by atoms with Gasteiger partial charge in [-0.1, -0.05) is 13.8 Å². The van der Waals surface area contributed by atoms with Gasteiger partial charge in [-0.2, -0.15) is 5.10 Å². The molecule has 0 amide bonds. The molecule has 4 aromatic rings. The molecule has 1 aliphatic carbocycles. The van der Waals surface area contributed by atoms with Gasteiger partial charge in [-0.15, -0.1) is 0 Å². The number of halogens is 1. The van der Waals surface area contributed by atoms with Crippen molar-refractivity contribution in [2.45, 2.75) is 44.9 Å². The second-order valence-corrected chi connectivity index (χ2v) is 8.65. The Hall–Kier alpha value is -2.66. The lowest BCUT2D eigenvalue weighted by molar-refractivity contribution is 0.229. The summed E-state index contributed by atoms with van der Waals surface area (Å²) in [5.41, 5.74) is 5.81. The molecule has 29 heavy (non-hydrogen) atoms. The largest absolute Gasteiger partial charge is 0.396 e. The summed E-state index contributed by atoms with van der Waals surface area (Å²) in [4.78, 5) is 0. The number of nitrogens with zero attached hydrogens (tertiary/aromatic N) is 2. The number of H-pyrrole nitrogens is 1. The Kier molecular flexibility index (Phi) is 4.43. The van der Waals surface area contributed by atoms with Gasteiger partial charge in [-0.3, -0.25) is 5.10 Å². The summed E-state index contributed by atoms with van der Waals surface area (Å²) in [6.45, 7) is 4.71. The van der Waals surface area contributed by atoms with Crippen molar-refractivity contribution >= 4 is 21.8 Å². The van der Waals surface area contributed by atoms with Crippen LogP contribution in [0.3, 0.4) is 0 Å². The van der Waals surface area contributed by atoms with Gasteiger partial charge in [0.2, 0.25) is 0 Å². The monoisotopic (exact) mass is 391 g/mol. The number of benzene rings is 2.